The van der Waals surface area contributed by atoms with Crippen LogP contribution in [0.4, 0.5) is 4.39 Å². The molecule has 1 heterocycles. The van der Waals surface area contributed by atoms with Gasteiger partial charge in [0.1, 0.15) is 0 Å². The fourth-order valence-corrected chi connectivity index (χ4v) is 1.98. The largest absolute Gasteiger partial charge is 0.505 e. The van der Waals surface area contributed by atoms with Gasteiger partial charge in [-0.25, -0.2) is 9.38 Å². The summed E-state index contributed by atoms with van der Waals surface area (Å²) < 4.78 is 15.4. The van der Waals surface area contributed by atoms with Crippen LogP contribution < -0.4 is 10.6 Å². The number of aromatic hydroxyl groups is 1. The highest BCUT2D eigenvalue weighted by Gasteiger charge is 2.02. The molecule has 0 aliphatic carbocycles. The van der Waals surface area contributed by atoms with E-state index in [1.165, 1.54) is 12.1 Å². The molecule has 0 bridgehead atoms. The lowest BCUT2D eigenvalue weighted by Crippen LogP contribution is -2.38. The Kier molecular flexibility index (Phi) is 5.82. The number of halogens is 1. The minimum Gasteiger partial charge on any atom is -0.505 e. The molecule has 6 heteroatoms. The summed E-state index contributed by atoms with van der Waals surface area (Å²) in [5.41, 5.74) is 0.706. The van der Waals surface area contributed by atoms with Gasteiger partial charge in [-0.05, 0) is 36.8 Å². The number of hydrogen-bond acceptors (Lipinski definition) is 2. The average molecular weight is 304 g/mol. The van der Waals surface area contributed by atoms with Crippen LogP contribution in [-0.4, -0.2) is 28.7 Å². The zero-order valence-electron chi connectivity index (χ0n) is 12.6. The van der Waals surface area contributed by atoms with E-state index in [2.05, 4.69) is 20.2 Å². The molecule has 0 atom stereocenters. The molecule has 1 aromatic carbocycles. The fourth-order valence-electron chi connectivity index (χ4n) is 1.98. The van der Waals surface area contributed by atoms with Gasteiger partial charge < -0.3 is 20.3 Å². The zero-order chi connectivity index (χ0) is 15.8. The van der Waals surface area contributed by atoms with E-state index in [4.69, 9.17) is 0 Å². The van der Waals surface area contributed by atoms with Crippen LogP contribution in [0.25, 0.3) is 0 Å². The maximum atomic E-state index is 13.3. The molecule has 0 saturated carbocycles. The van der Waals surface area contributed by atoms with E-state index in [0.29, 0.717) is 18.1 Å². The lowest BCUT2D eigenvalue weighted by Gasteiger charge is -2.11. The molecule has 0 aliphatic heterocycles. The Hall–Kier alpha value is -2.50. The topological polar surface area (TPSA) is 61.6 Å². The number of aromatic nitrogens is 1. The van der Waals surface area contributed by atoms with Gasteiger partial charge in [0.05, 0.1) is 6.54 Å². The predicted molar refractivity (Wildman–Crippen MR) is 85.3 cm³/mol. The highest BCUT2D eigenvalue weighted by molar-refractivity contribution is 5.79. The van der Waals surface area contributed by atoms with Gasteiger partial charge in [0.25, 0.3) is 0 Å². The number of nitrogens with one attached hydrogen (secondary N) is 2. The van der Waals surface area contributed by atoms with Crippen molar-refractivity contribution in [2.75, 3.05) is 13.1 Å². The molecule has 118 valence electrons. The molecule has 0 spiro atoms. The van der Waals surface area contributed by atoms with E-state index in [1.54, 1.807) is 6.07 Å². The van der Waals surface area contributed by atoms with Crippen molar-refractivity contribution in [3.05, 3.63) is 54.1 Å². The van der Waals surface area contributed by atoms with Crippen LogP contribution in [0.2, 0.25) is 0 Å². The smallest absolute Gasteiger partial charge is 0.191 e. The second-order valence-corrected chi connectivity index (χ2v) is 4.83. The molecule has 0 saturated heterocycles. The first kappa shape index (κ1) is 15.9. The number of aliphatic imine (C=N–C) groups is 1. The maximum absolute atomic E-state index is 13.3. The van der Waals surface area contributed by atoms with Crippen LogP contribution in [0.5, 0.6) is 5.75 Å². The summed E-state index contributed by atoms with van der Waals surface area (Å²) in [5, 5.41) is 15.5. The molecule has 5 nitrogen and oxygen atoms in total. The standard InChI is InChI=1S/C16H21FN4O/c1-2-18-16(19-7-10-21-8-3-4-9-21)20-12-13-5-6-15(22)14(17)11-13/h3-6,8-9,11,22H,2,7,10,12H2,1H3,(H2,18,19,20). The number of benzene rings is 1. The molecule has 2 aromatic rings. The highest BCUT2D eigenvalue weighted by atomic mass is 19.1. The van der Waals surface area contributed by atoms with Crippen LogP contribution in [-0.2, 0) is 13.1 Å². The summed E-state index contributed by atoms with van der Waals surface area (Å²) >= 11 is 0. The third-order valence-corrected chi connectivity index (χ3v) is 3.10. The Morgan fingerprint density at radius 3 is 2.73 bits per heavy atom. The van der Waals surface area contributed by atoms with E-state index in [-0.39, 0.29) is 5.75 Å². The number of nitrogens with zero attached hydrogens (tertiary/aromatic N) is 2. The number of phenolic OH excluding ortho intramolecular Hbond substituents is 1. The van der Waals surface area contributed by atoms with Crippen LogP contribution in [0.3, 0.4) is 0 Å². The Bertz CT molecular complexity index is 611. The third kappa shape index (κ3) is 4.80. The summed E-state index contributed by atoms with van der Waals surface area (Å²) in [6, 6.07) is 8.26. The minimum atomic E-state index is -0.627. The van der Waals surface area contributed by atoms with E-state index in [0.717, 1.165) is 19.6 Å². The van der Waals surface area contributed by atoms with E-state index in [1.807, 2.05) is 31.5 Å². The first-order chi connectivity index (χ1) is 10.7. The SMILES string of the molecule is CCNC(=NCc1ccc(O)c(F)c1)NCCn1cccc1. The van der Waals surface area contributed by atoms with Gasteiger partial charge in [-0.2, -0.15) is 0 Å². The van der Waals surface area contributed by atoms with Crippen molar-refractivity contribution in [2.45, 2.75) is 20.0 Å². The molecule has 0 fully saturated rings. The predicted octanol–water partition coefficient (Wildman–Crippen LogP) is 2.09. The molecule has 2 rings (SSSR count). The third-order valence-electron chi connectivity index (χ3n) is 3.10. The Morgan fingerprint density at radius 1 is 1.27 bits per heavy atom. The van der Waals surface area contributed by atoms with E-state index < -0.39 is 5.82 Å². The minimum absolute atomic E-state index is 0.343. The molecule has 3 N–H and O–H groups in total. The molecule has 0 radical (unpaired) electrons. The van der Waals surface area contributed by atoms with Crippen LogP contribution in [0.15, 0.2) is 47.7 Å². The van der Waals surface area contributed by atoms with Crippen molar-refractivity contribution in [3.63, 3.8) is 0 Å². The van der Waals surface area contributed by atoms with Crippen LogP contribution in [0.1, 0.15) is 12.5 Å². The lowest BCUT2D eigenvalue weighted by atomic mass is 10.2. The van der Waals surface area contributed by atoms with Crippen molar-refractivity contribution >= 4 is 5.96 Å². The van der Waals surface area contributed by atoms with E-state index in [9.17, 15) is 9.50 Å². The normalized spacial score (nSPS) is 11.5. The van der Waals surface area contributed by atoms with Gasteiger partial charge in [0.15, 0.2) is 17.5 Å². The molecule has 0 aliphatic rings. The van der Waals surface area contributed by atoms with Crippen LogP contribution >= 0.6 is 0 Å². The molecule has 22 heavy (non-hydrogen) atoms. The van der Waals surface area contributed by atoms with Crippen molar-refractivity contribution < 1.29 is 9.50 Å². The van der Waals surface area contributed by atoms with Crippen LogP contribution in [0, 0.1) is 5.82 Å². The summed E-state index contributed by atoms with van der Waals surface area (Å²) in [7, 11) is 0. The summed E-state index contributed by atoms with van der Waals surface area (Å²) in [6.45, 7) is 4.66. The summed E-state index contributed by atoms with van der Waals surface area (Å²) in [4.78, 5) is 4.41. The number of phenols is 1. The monoisotopic (exact) mass is 304 g/mol. The van der Waals surface area contributed by atoms with Crippen molar-refractivity contribution in [3.8, 4) is 5.75 Å². The zero-order valence-corrected chi connectivity index (χ0v) is 12.6. The number of rotatable bonds is 6. The maximum Gasteiger partial charge on any atom is 0.191 e. The Morgan fingerprint density at radius 2 is 2.05 bits per heavy atom. The second-order valence-electron chi connectivity index (χ2n) is 4.83. The number of hydrogen-bond donors (Lipinski definition) is 3. The quantitative estimate of drug-likeness (QED) is 0.566. The van der Waals surface area contributed by atoms with Gasteiger partial charge in [-0.1, -0.05) is 6.07 Å². The second kappa shape index (κ2) is 8.07. The summed E-state index contributed by atoms with van der Waals surface area (Å²) in [5.74, 6) is -0.286. The van der Waals surface area contributed by atoms with Crippen molar-refractivity contribution in [1.29, 1.82) is 0 Å². The van der Waals surface area contributed by atoms with Gasteiger partial charge in [0, 0.05) is 32.0 Å². The Labute approximate surface area is 129 Å². The highest BCUT2D eigenvalue weighted by Crippen LogP contribution is 2.16. The van der Waals surface area contributed by atoms with Crippen molar-refractivity contribution in [1.82, 2.24) is 15.2 Å². The molecule has 0 amide bonds. The van der Waals surface area contributed by atoms with Gasteiger partial charge in [0.2, 0.25) is 0 Å². The van der Waals surface area contributed by atoms with Crippen molar-refractivity contribution in [2.24, 2.45) is 4.99 Å². The average Bonchev–Trinajstić information content (AvgIpc) is 3.01. The van der Waals surface area contributed by atoms with E-state index >= 15 is 0 Å². The number of guanidine groups is 1. The van der Waals surface area contributed by atoms with Gasteiger partial charge >= 0.3 is 0 Å². The van der Waals surface area contributed by atoms with Gasteiger partial charge in [-0.15, -0.1) is 0 Å². The molecule has 1 aromatic heterocycles. The fraction of sp³-hybridized carbons (Fsp3) is 0.312. The first-order valence-electron chi connectivity index (χ1n) is 7.29. The first-order valence-corrected chi connectivity index (χ1v) is 7.29. The lowest BCUT2D eigenvalue weighted by molar-refractivity contribution is 0.432. The molecule has 0 unspecified atom stereocenters. The van der Waals surface area contributed by atoms with Gasteiger partial charge in [-0.3, -0.25) is 0 Å². The summed E-state index contributed by atoms with van der Waals surface area (Å²) in [6.07, 6.45) is 4.01. The molecular formula is C16H21FN4O. The Balaban J connectivity index is 1.89. The molecular weight excluding hydrogens is 283 g/mol.